The normalized spacial score (nSPS) is 28.7. The lowest BCUT2D eigenvalue weighted by molar-refractivity contribution is -0.147. The number of piperidine rings is 1. The largest absolute Gasteiger partial charge is 0.375 e. The molecule has 0 radical (unpaired) electrons. The van der Waals surface area contributed by atoms with E-state index in [2.05, 4.69) is 27.3 Å². The molecule has 2 saturated carbocycles. The van der Waals surface area contributed by atoms with Crippen molar-refractivity contribution < 1.29 is 9.90 Å². The number of pyridine rings is 1. The van der Waals surface area contributed by atoms with Gasteiger partial charge in [-0.05, 0) is 47.9 Å². The smallest absolute Gasteiger partial charge is 0.257 e. The van der Waals surface area contributed by atoms with Gasteiger partial charge < -0.3 is 10.4 Å². The van der Waals surface area contributed by atoms with E-state index >= 15 is 0 Å². The van der Waals surface area contributed by atoms with Gasteiger partial charge in [-0.1, -0.05) is 43.2 Å². The van der Waals surface area contributed by atoms with Crippen LogP contribution in [0.5, 0.6) is 0 Å². The number of carbonyl (C=O) groups excluding carboxylic acids is 1. The molecule has 2 aliphatic carbocycles. The number of hydrogen-bond acceptors (Lipinski definition) is 4. The van der Waals surface area contributed by atoms with Crippen molar-refractivity contribution in [1.29, 1.82) is 0 Å². The van der Waals surface area contributed by atoms with Crippen molar-refractivity contribution in [2.75, 3.05) is 13.1 Å². The molecule has 5 heteroatoms. The topological polar surface area (TPSA) is 65.5 Å². The summed E-state index contributed by atoms with van der Waals surface area (Å²) in [4.78, 5) is 19.9. The number of likely N-dealkylation sites (tertiary alicyclic amines) is 1. The van der Waals surface area contributed by atoms with Crippen LogP contribution in [-0.4, -0.2) is 40.0 Å². The van der Waals surface area contributed by atoms with Crippen LogP contribution in [0.25, 0.3) is 0 Å². The first-order valence-electron chi connectivity index (χ1n) is 10.9. The lowest BCUT2D eigenvalue weighted by Crippen LogP contribution is -2.50. The number of nitrogens with zero attached hydrogens (tertiary/aromatic N) is 2. The maximum absolute atomic E-state index is 13.3. The Morgan fingerprint density at radius 2 is 1.72 bits per heavy atom. The van der Waals surface area contributed by atoms with Crippen molar-refractivity contribution >= 4 is 5.91 Å². The molecule has 1 amide bonds. The maximum Gasteiger partial charge on any atom is 0.257 e. The third-order valence-corrected chi connectivity index (χ3v) is 7.23. The van der Waals surface area contributed by atoms with E-state index in [-0.39, 0.29) is 17.9 Å². The number of aliphatic hydroxyl groups is 1. The number of amides is 1. The molecule has 5 nitrogen and oxygen atoms in total. The Morgan fingerprint density at radius 3 is 2.38 bits per heavy atom. The van der Waals surface area contributed by atoms with Crippen LogP contribution < -0.4 is 5.32 Å². The number of aromatic nitrogens is 1. The third-order valence-electron chi connectivity index (χ3n) is 7.23. The highest BCUT2D eigenvalue weighted by atomic mass is 16.3. The molecule has 152 valence electrons. The molecule has 29 heavy (non-hydrogen) atoms. The van der Waals surface area contributed by atoms with Crippen molar-refractivity contribution in [3.05, 3.63) is 66.0 Å². The first kappa shape index (κ1) is 18.8. The van der Waals surface area contributed by atoms with Gasteiger partial charge in [0.1, 0.15) is 0 Å². The quantitative estimate of drug-likeness (QED) is 0.795. The summed E-state index contributed by atoms with van der Waals surface area (Å²) in [5.41, 5.74) is 0.599. The minimum Gasteiger partial charge on any atom is -0.375 e. The predicted molar refractivity (Wildman–Crippen MR) is 111 cm³/mol. The van der Waals surface area contributed by atoms with Crippen LogP contribution in [0.1, 0.15) is 36.8 Å². The molecule has 3 aliphatic rings. The van der Waals surface area contributed by atoms with Gasteiger partial charge in [-0.3, -0.25) is 14.7 Å². The number of nitrogens with one attached hydrogen (secondary N) is 1. The summed E-state index contributed by atoms with van der Waals surface area (Å²) in [6.45, 7) is 2.95. The minimum absolute atomic E-state index is 0.00618. The number of hydrogen-bond donors (Lipinski definition) is 2. The van der Waals surface area contributed by atoms with Gasteiger partial charge in [-0.15, -0.1) is 0 Å². The van der Waals surface area contributed by atoms with Crippen molar-refractivity contribution in [2.24, 2.45) is 17.8 Å². The maximum atomic E-state index is 13.3. The van der Waals surface area contributed by atoms with E-state index < -0.39 is 5.60 Å². The van der Waals surface area contributed by atoms with E-state index in [1.54, 1.807) is 0 Å². The molecule has 1 aromatic heterocycles. The SMILES string of the molecule is O=C(NC1C2CN(Cc3ccncc3)C[C@@H]21)C(O)(c1ccccc1)C1CCCC1. The average Bonchev–Trinajstić information content (AvgIpc) is 3.18. The Hall–Kier alpha value is -2.24. The summed E-state index contributed by atoms with van der Waals surface area (Å²) >= 11 is 0. The Kier molecular flexibility index (Phi) is 4.88. The molecule has 2 aromatic rings. The minimum atomic E-state index is -1.41. The molecule has 4 atom stereocenters. The first-order chi connectivity index (χ1) is 14.2. The highest BCUT2D eigenvalue weighted by Gasteiger charge is 2.58. The fraction of sp³-hybridized carbons (Fsp3) is 0.500. The second-order valence-electron chi connectivity index (χ2n) is 8.99. The number of rotatable bonds is 6. The summed E-state index contributed by atoms with van der Waals surface area (Å²) < 4.78 is 0. The van der Waals surface area contributed by atoms with Crippen LogP contribution in [0.4, 0.5) is 0 Å². The summed E-state index contributed by atoms with van der Waals surface area (Å²) in [5.74, 6) is 0.816. The molecule has 3 unspecified atom stereocenters. The highest BCUT2D eigenvalue weighted by Crippen LogP contribution is 2.47. The number of carbonyl (C=O) groups is 1. The van der Waals surface area contributed by atoms with Crippen LogP contribution >= 0.6 is 0 Å². The van der Waals surface area contributed by atoms with E-state index in [0.29, 0.717) is 11.8 Å². The van der Waals surface area contributed by atoms with E-state index in [1.165, 1.54) is 5.56 Å². The molecule has 2 N–H and O–H groups in total. The zero-order valence-corrected chi connectivity index (χ0v) is 16.7. The molecule has 1 aromatic carbocycles. The van der Waals surface area contributed by atoms with Crippen molar-refractivity contribution in [3.8, 4) is 0 Å². The molecular formula is C24H29N3O2. The Bertz CT molecular complexity index is 841. The summed E-state index contributed by atoms with van der Waals surface area (Å²) in [6, 6.07) is 13.9. The van der Waals surface area contributed by atoms with Crippen LogP contribution in [0.15, 0.2) is 54.9 Å². The molecule has 5 rings (SSSR count). The third kappa shape index (κ3) is 3.47. The first-order valence-corrected chi connectivity index (χ1v) is 10.9. The molecule has 1 saturated heterocycles. The monoisotopic (exact) mass is 391 g/mol. The predicted octanol–water partition coefficient (Wildman–Crippen LogP) is 2.71. The molecule has 0 spiro atoms. The molecular weight excluding hydrogens is 362 g/mol. The second-order valence-corrected chi connectivity index (χ2v) is 8.99. The van der Waals surface area contributed by atoms with E-state index in [0.717, 1.165) is 50.9 Å². The van der Waals surface area contributed by atoms with Gasteiger partial charge in [0.2, 0.25) is 0 Å². The van der Waals surface area contributed by atoms with Gasteiger partial charge in [-0.25, -0.2) is 0 Å². The van der Waals surface area contributed by atoms with Gasteiger partial charge in [0.15, 0.2) is 5.60 Å². The summed E-state index contributed by atoms with van der Waals surface area (Å²) in [7, 11) is 0. The van der Waals surface area contributed by atoms with Crippen molar-refractivity contribution in [1.82, 2.24) is 15.2 Å². The fourth-order valence-electron chi connectivity index (χ4n) is 5.55. The van der Waals surface area contributed by atoms with E-state index in [4.69, 9.17) is 0 Å². The number of fused-ring (bicyclic) bond motifs is 1. The van der Waals surface area contributed by atoms with Crippen LogP contribution in [0.2, 0.25) is 0 Å². The highest BCUT2D eigenvalue weighted by molar-refractivity contribution is 5.87. The van der Waals surface area contributed by atoms with E-state index in [1.807, 2.05) is 42.7 Å². The standard InChI is InChI=1S/C24H29N3O2/c28-23(24(29,19-8-4-5-9-19)18-6-2-1-3-7-18)26-22-20-15-27(16-21(20)22)14-17-10-12-25-13-11-17/h1-3,6-7,10-13,19-22,29H,4-5,8-9,14-16H2,(H,26,28)/t20-,21?,22?,24?/m0/s1. The Labute approximate surface area is 172 Å². The Morgan fingerprint density at radius 1 is 1.07 bits per heavy atom. The average molecular weight is 392 g/mol. The van der Waals surface area contributed by atoms with Gasteiger partial charge in [0, 0.05) is 44.0 Å². The second kappa shape index (κ2) is 7.54. The molecule has 2 heterocycles. The lowest BCUT2D eigenvalue weighted by atomic mass is 9.79. The van der Waals surface area contributed by atoms with Crippen LogP contribution in [-0.2, 0) is 16.9 Å². The summed E-state index contributed by atoms with van der Waals surface area (Å²) in [5, 5.41) is 14.8. The molecule has 1 aliphatic heterocycles. The zero-order chi connectivity index (χ0) is 19.8. The molecule has 0 bridgehead atoms. The summed E-state index contributed by atoms with van der Waals surface area (Å²) in [6.07, 6.45) is 7.68. The number of benzene rings is 1. The fourth-order valence-corrected chi connectivity index (χ4v) is 5.55. The van der Waals surface area contributed by atoms with E-state index in [9.17, 15) is 9.90 Å². The van der Waals surface area contributed by atoms with Crippen molar-refractivity contribution in [3.63, 3.8) is 0 Å². The van der Waals surface area contributed by atoms with Crippen molar-refractivity contribution in [2.45, 2.75) is 43.9 Å². The molecule has 3 fully saturated rings. The van der Waals surface area contributed by atoms with Gasteiger partial charge >= 0.3 is 0 Å². The van der Waals surface area contributed by atoms with Crippen LogP contribution in [0, 0.1) is 17.8 Å². The lowest BCUT2D eigenvalue weighted by Gasteiger charge is -2.33. The zero-order valence-electron chi connectivity index (χ0n) is 16.7. The van der Waals surface area contributed by atoms with Gasteiger partial charge in [-0.2, -0.15) is 0 Å². The Balaban J connectivity index is 1.24. The van der Waals surface area contributed by atoms with Gasteiger partial charge in [0.05, 0.1) is 0 Å². The van der Waals surface area contributed by atoms with Gasteiger partial charge in [0.25, 0.3) is 5.91 Å². The van der Waals surface area contributed by atoms with Crippen LogP contribution in [0.3, 0.4) is 0 Å².